The van der Waals surface area contributed by atoms with Crippen molar-refractivity contribution in [2.45, 2.75) is 32.7 Å². The van der Waals surface area contributed by atoms with E-state index >= 15 is 0 Å². The number of benzene rings is 1. The fourth-order valence-electron chi connectivity index (χ4n) is 2.59. The summed E-state index contributed by atoms with van der Waals surface area (Å²) in [5.41, 5.74) is 0.727. The molecule has 0 radical (unpaired) electrons. The van der Waals surface area contributed by atoms with Crippen molar-refractivity contribution < 1.29 is 13.9 Å². The Hall–Kier alpha value is -1.42. The largest absolute Gasteiger partial charge is 0.377 e. The minimum atomic E-state index is -0.258. The van der Waals surface area contributed by atoms with Gasteiger partial charge in [0.15, 0.2) is 0 Å². The number of rotatable bonds is 3. The molecule has 1 amide bonds. The Bertz CT molecular complexity index is 470. The van der Waals surface area contributed by atoms with Crippen LogP contribution in [0, 0.1) is 11.7 Å². The summed E-state index contributed by atoms with van der Waals surface area (Å²) < 4.78 is 18.3. The lowest BCUT2D eigenvalue weighted by molar-refractivity contribution is -0.150. The van der Waals surface area contributed by atoms with E-state index in [0.29, 0.717) is 26.2 Å². The van der Waals surface area contributed by atoms with Gasteiger partial charge in [-0.15, -0.1) is 0 Å². The predicted molar refractivity (Wildman–Crippen MR) is 75.9 cm³/mol. The second-order valence-corrected chi connectivity index (χ2v) is 6.09. The molecule has 0 spiro atoms. The van der Waals surface area contributed by atoms with Crippen molar-refractivity contribution in [1.29, 1.82) is 0 Å². The van der Waals surface area contributed by atoms with Crippen molar-refractivity contribution in [1.82, 2.24) is 4.90 Å². The standard InChI is InChI=1S/C16H22FNO2/c1-12(10-13-4-6-14(17)7-5-13)15(19)18-8-9-20-11-16(18,2)3/h4-7,12H,8-11H2,1-3H3. The molecule has 1 aromatic carbocycles. The van der Waals surface area contributed by atoms with Gasteiger partial charge in [-0.05, 0) is 38.0 Å². The smallest absolute Gasteiger partial charge is 0.226 e. The fourth-order valence-corrected chi connectivity index (χ4v) is 2.59. The van der Waals surface area contributed by atoms with Crippen LogP contribution in [0.5, 0.6) is 0 Å². The molecule has 1 fully saturated rings. The minimum absolute atomic E-state index is 0.113. The van der Waals surface area contributed by atoms with Gasteiger partial charge in [0.05, 0.1) is 18.8 Å². The Labute approximate surface area is 119 Å². The summed E-state index contributed by atoms with van der Waals surface area (Å²) in [6.45, 7) is 7.78. The van der Waals surface area contributed by atoms with Gasteiger partial charge in [-0.25, -0.2) is 4.39 Å². The average Bonchev–Trinajstić information content (AvgIpc) is 2.40. The molecule has 4 heteroatoms. The molecule has 20 heavy (non-hydrogen) atoms. The second-order valence-electron chi connectivity index (χ2n) is 6.09. The molecule has 3 nitrogen and oxygen atoms in total. The first-order valence-electron chi connectivity index (χ1n) is 7.04. The van der Waals surface area contributed by atoms with Crippen LogP contribution < -0.4 is 0 Å². The van der Waals surface area contributed by atoms with E-state index in [1.807, 2.05) is 25.7 Å². The maximum Gasteiger partial charge on any atom is 0.226 e. The second kappa shape index (κ2) is 5.92. The zero-order valence-corrected chi connectivity index (χ0v) is 12.4. The van der Waals surface area contributed by atoms with Crippen LogP contribution in [-0.4, -0.2) is 36.1 Å². The van der Waals surface area contributed by atoms with E-state index in [1.165, 1.54) is 12.1 Å². The normalized spacial score (nSPS) is 19.7. The van der Waals surface area contributed by atoms with E-state index in [1.54, 1.807) is 12.1 Å². The van der Waals surface area contributed by atoms with Crippen LogP contribution in [0.25, 0.3) is 0 Å². The van der Waals surface area contributed by atoms with Crippen LogP contribution >= 0.6 is 0 Å². The molecule has 2 rings (SSSR count). The van der Waals surface area contributed by atoms with E-state index < -0.39 is 0 Å². The van der Waals surface area contributed by atoms with Gasteiger partial charge >= 0.3 is 0 Å². The summed E-state index contributed by atoms with van der Waals surface area (Å²) in [6.07, 6.45) is 0.631. The molecule has 1 atom stereocenters. The number of halogens is 1. The van der Waals surface area contributed by atoms with Gasteiger partial charge in [-0.3, -0.25) is 4.79 Å². The van der Waals surface area contributed by atoms with E-state index in [4.69, 9.17) is 4.74 Å². The Morgan fingerprint density at radius 2 is 2.05 bits per heavy atom. The lowest BCUT2D eigenvalue weighted by Crippen LogP contribution is -2.57. The molecule has 1 heterocycles. The highest BCUT2D eigenvalue weighted by Gasteiger charge is 2.35. The molecule has 0 aromatic heterocycles. The molecule has 0 saturated carbocycles. The quantitative estimate of drug-likeness (QED) is 0.851. The zero-order valence-electron chi connectivity index (χ0n) is 12.4. The SMILES string of the molecule is CC(Cc1ccc(F)cc1)C(=O)N1CCOCC1(C)C. The predicted octanol–water partition coefficient (Wildman–Crippen LogP) is 2.64. The van der Waals surface area contributed by atoms with Crippen molar-refractivity contribution >= 4 is 5.91 Å². The number of morpholine rings is 1. The van der Waals surface area contributed by atoms with Crippen molar-refractivity contribution in [3.8, 4) is 0 Å². The Morgan fingerprint density at radius 3 is 2.65 bits per heavy atom. The fraction of sp³-hybridized carbons (Fsp3) is 0.562. The van der Waals surface area contributed by atoms with Crippen molar-refractivity contribution in [3.05, 3.63) is 35.6 Å². The number of carbonyl (C=O) groups excluding carboxylic acids is 1. The molecule has 1 saturated heterocycles. The number of amides is 1. The van der Waals surface area contributed by atoms with Gasteiger partial charge in [-0.2, -0.15) is 0 Å². The molecule has 110 valence electrons. The number of ether oxygens (including phenoxy) is 1. The van der Waals surface area contributed by atoms with E-state index in [2.05, 4.69) is 0 Å². The monoisotopic (exact) mass is 279 g/mol. The van der Waals surface area contributed by atoms with Crippen LogP contribution in [-0.2, 0) is 16.0 Å². The maximum atomic E-state index is 12.9. The first-order valence-corrected chi connectivity index (χ1v) is 7.04. The van der Waals surface area contributed by atoms with Crippen LogP contribution in [0.1, 0.15) is 26.3 Å². The number of hydrogen-bond acceptors (Lipinski definition) is 2. The highest BCUT2D eigenvalue weighted by molar-refractivity contribution is 5.79. The highest BCUT2D eigenvalue weighted by Crippen LogP contribution is 2.22. The Balaban J connectivity index is 2.02. The molecule has 0 aliphatic carbocycles. The van der Waals surface area contributed by atoms with E-state index in [-0.39, 0.29) is 23.2 Å². The topological polar surface area (TPSA) is 29.5 Å². The molecule has 0 bridgehead atoms. The Morgan fingerprint density at radius 1 is 1.40 bits per heavy atom. The van der Waals surface area contributed by atoms with Crippen molar-refractivity contribution in [2.75, 3.05) is 19.8 Å². The third-order valence-electron chi connectivity index (χ3n) is 3.79. The molecule has 1 unspecified atom stereocenters. The van der Waals surface area contributed by atoms with Crippen molar-refractivity contribution in [3.63, 3.8) is 0 Å². The third kappa shape index (κ3) is 3.37. The molecule has 1 aliphatic heterocycles. The summed E-state index contributed by atoms with van der Waals surface area (Å²) in [7, 11) is 0. The lowest BCUT2D eigenvalue weighted by Gasteiger charge is -2.43. The first kappa shape index (κ1) is 15.0. The van der Waals surface area contributed by atoms with Crippen LogP contribution in [0.15, 0.2) is 24.3 Å². The molecule has 1 aromatic rings. The van der Waals surface area contributed by atoms with Crippen molar-refractivity contribution in [2.24, 2.45) is 5.92 Å². The van der Waals surface area contributed by atoms with E-state index in [0.717, 1.165) is 5.56 Å². The van der Waals surface area contributed by atoms with Gasteiger partial charge in [0.1, 0.15) is 5.82 Å². The number of hydrogen-bond donors (Lipinski definition) is 0. The lowest BCUT2D eigenvalue weighted by atomic mass is 9.95. The average molecular weight is 279 g/mol. The Kier molecular flexibility index (Phi) is 4.43. The third-order valence-corrected chi connectivity index (χ3v) is 3.79. The number of carbonyl (C=O) groups is 1. The summed E-state index contributed by atoms with van der Waals surface area (Å²) in [5, 5.41) is 0. The maximum absolute atomic E-state index is 12.9. The van der Waals surface area contributed by atoms with Gasteiger partial charge in [0.2, 0.25) is 5.91 Å². The van der Waals surface area contributed by atoms with Crippen LogP contribution in [0.2, 0.25) is 0 Å². The first-order chi connectivity index (χ1) is 9.40. The van der Waals surface area contributed by atoms with Crippen LogP contribution in [0.4, 0.5) is 4.39 Å². The summed E-state index contributed by atoms with van der Waals surface area (Å²) in [6, 6.07) is 6.35. The number of nitrogens with zero attached hydrogens (tertiary/aromatic N) is 1. The molecular weight excluding hydrogens is 257 g/mol. The van der Waals surface area contributed by atoms with Crippen LogP contribution in [0.3, 0.4) is 0 Å². The zero-order chi connectivity index (χ0) is 14.8. The van der Waals surface area contributed by atoms with Gasteiger partial charge < -0.3 is 9.64 Å². The molecule has 1 aliphatic rings. The summed E-state index contributed by atoms with van der Waals surface area (Å²) in [5.74, 6) is -0.220. The van der Waals surface area contributed by atoms with E-state index in [9.17, 15) is 9.18 Å². The van der Waals surface area contributed by atoms with Gasteiger partial charge in [-0.1, -0.05) is 19.1 Å². The molecular formula is C16H22FNO2. The summed E-state index contributed by atoms with van der Waals surface area (Å²) >= 11 is 0. The summed E-state index contributed by atoms with van der Waals surface area (Å²) in [4.78, 5) is 14.5. The molecule has 0 N–H and O–H groups in total. The minimum Gasteiger partial charge on any atom is -0.377 e. The van der Waals surface area contributed by atoms with Gasteiger partial charge in [0.25, 0.3) is 0 Å². The highest BCUT2D eigenvalue weighted by atomic mass is 19.1. The van der Waals surface area contributed by atoms with Gasteiger partial charge in [0, 0.05) is 12.5 Å².